The summed E-state index contributed by atoms with van der Waals surface area (Å²) in [5.41, 5.74) is 1.72. The fourth-order valence-electron chi connectivity index (χ4n) is 2.18. The molecule has 1 heterocycles. The maximum absolute atomic E-state index is 12.3. The van der Waals surface area contributed by atoms with Crippen LogP contribution in [-0.2, 0) is 11.2 Å². The average molecular weight is 359 g/mol. The van der Waals surface area contributed by atoms with Gasteiger partial charge in [0.1, 0.15) is 0 Å². The second-order valence-corrected chi connectivity index (χ2v) is 7.00. The first kappa shape index (κ1) is 18.9. The van der Waals surface area contributed by atoms with Crippen LogP contribution in [0, 0.1) is 0 Å². The van der Waals surface area contributed by atoms with Gasteiger partial charge in [-0.25, -0.2) is 4.98 Å². The lowest BCUT2D eigenvalue weighted by Crippen LogP contribution is -2.23. The zero-order valence-corrected chi connectivity index (χ0v) is 15.3. The molecule has 0 bridgehead atoms. The number of rotatable bonds is 7. The molecule has 1 aromatic heterocycles. The number of carbonyl (C=O) groups excluding carboxylic acids is 2. The lowest BCUT2D eigenvalue weighted by Gasteiger charge is -2.12. The number of H-pyrrole nitrogens is 1. The van der Waals surface area contributed by atoms with Gasteiger partial charge in [-0.1, -0.05) is 25.1 Å². The van der Waals surface area contributed by atoms with Crippen molar-refractivity contribution in [3.05, 3.63) is 51.9 Å². The summed E-state index contributed by atoms with van der Waals surface area (Å²) < 4.78 is 0. The first-order chi connectivity index (χ1) is 11.9. The summed E-state index contributed by atoms with van der Waals surface area (Å²) >= 11 is 1.20. The van der Waals surface area contributed by atoms with E-state index in [1.54, 1.807) is 31.2 Å². The number of Topliss-reactive ketones (excluding diaryl/α,β-unsaturated/α-hetero) is 1. The third kappa shape index (κ3) is 5.56. The Labute approximate surface area is 150 Å². The van der Waals surface area contributed by atoms with Crippen molar-refractivity contribution in [1.82, 2.24) is 9.97 Å². The molecule has 1 atom stereocenters. The van der Waals surface area contributed by atoms with E-state index in [1.807, 2.05) is 6.92 Å². The highest BCUT2D eigenvalue weighted by atomic mass is 32.2. The number of amides is 1. The molecule has 7 heteroatoms. The monoisotopic (exact) mass is 359 g/mol. The molecule has 2 N–H and O–H groups in total. The van der Waals surface area contributed by atoms with Crippen LogP contribution in [0.4, 0.5) is 5.69 Å². The van der Waals surface area contributed by atoms with Gasteiger partial charge in [-0.15, -0.1) is 0 Å². The lowest BCUT2D eigenvalue weighted by atomic mass is 10.1. The van der Waals surface area contributed by atoms with Crippen molar-refractivity contribution in [2.45, 2.75) is 44.0 Å². The van der Waals surface area contributed by atoms with Crippen molar-refractivity contribution >= 4 is 29.1 Å². The Morgan fingerprint density at radius 1 is 1.28 bits per heavy atom. The van der Waals surface area contributed by atoms with E-state index in [9.17, 15) is 14.4 Å². The minimum absolute atomic E-state index is 0.0243. The number of thioether (sulfide) groups is 1. The van der Waals surface area contributed by atoms with Crippen molar-refractivity contribution in [2.75, 3.05) is 5.32 Å². The number of carbonyl (C=O) groups is 2. The van der Waals surface area contributed by atoms with Gasteiger partial charge in [-0.2, -0.15) is 0 Å². The van der Waals surface area contributed by atoms with Crippen LogP contribution in [0.25, 0.3) is 0 Å². The molecule has 25 heavy (non-hydrogen) atoms. The number of aromatic amines is 1. The maximum atomic E-state index is 12.3. The van der Waals surface area contributed by atoms with Crippen molar-refractivity contribution in [1.29, 1.82) is 0 Å². The number of hydrogen-bond donors (Lipinski definition) is 2. The number of nitrogens with zero attached hydrogens (tertiary/aromatic N) is 1. The second kappa shape index (κ2) is 8.62. The Balaban J connectivity index is 2.02. The third-order valence-electron chi connectivity index (χ3n) is 3.50. The molecule has 1 amide bonds. The molecular weight excluding hydrogens is 338 g/mol. The molecule has 1 aromatic carbocycles. The summed E-state index contributed by atoms with van der Waals surface area (Å²) in [6.07, 6.45) is 1.62. The summed E-state index contributed by atoms with van der Waals surface area (Å²) in [4.78, 5) is 42.3. The summed E-state index contributed by atoms with van der Waals surface area (Å²) in [6.45, 7) is 5.26. The van der Waals surface area contributed by atoms with Crippen LogP contribution in [0.5, 0.6) is 0 Å². The molecule has 2 rings (SSSR count). The first-order valence-electron chi connectivity index (χ1n) is 8.07. The highest BCUT2D eigenvalue weighted by molar-refractivity contribution is 8.00. The summed E-state index contributed by atoms with van der Waals surface area (Å²) in [5.74, 6) is -0.229. The van der Waals surface area contributed by atoms with E-state index in [1.165, 1.54) is 24.8 Å². The van der Waals surface area contributed by atoms with Crippen LogP contribution in [0.15, 0.2) is 40.3 Å². The third-order valence-corrected chi connectivity index (χ3v) is 4.48. The van der Waals surface area contributed by atoms with Gasteiger partial charge in [-0.3, -0.25) is 14.4 Å². The van der Waals surface area contributed by atoms with Gasteiger partial charge in [-0.05, 0) is 44.5 Å². The van der Waals surface area contributed by atoms with Crippen LogP contribution in [-0.4, -0.2) is 26.9 Å². The molecular formula is C18H21N3O3S. The Kier molecular flexibility index (Phi) is 6.52. The SMILES string of the molecule is CCCc1cc(=O)[nH]c(SC(C)C(=O)Nc2ccc(C(C)=O)cc2)n1. The zero-order chi connectivity index (χ0) is 18.4. The maximum Gasteiger partial charge on any atom is 0.251 e. The number of nitrogens with one attached hydrogen (secondary N) is 2. The van der Waals surface area contributed by atoms with Gasteiger partial charge in [0, 0.05) is 23.0 Å². The lowest BCUT2D eigenvalue weighted by molar-refractivity contribution is -0.115. The van der Waals surface area contributed by atoms with Crippen molar-refractivity contribution in [2.24, 2.45) is 0 Å². The number of aromatic nitrogens is 2. The molecule has 6 nitrogen and oxygen atoms in total. The fraction of sp³-hybridized carbons (Fsp3) is 0.333. The number of ketones is 1. The number of aryl methyl sites for hydroxylation is 1. The summed E-state index contributed by atoms with van der Waals surface area (Å²) in [6, 6.07) is 8.20. The van der Waals surface area contributed by atoms with E-state index in [0.717, 1.165) is 18.5 Å². The van der Waals surface area contributed by atoms with E-state index in [4.69, 9.17) is 0 Å². The topological polar surface area (TPSA) is 91.9 Å². The van der Waals surface area contributed by atoms with Crippen LogP contribution in [0.3, 0.4) is 0 Å². The molecule has 0 aliphatic rings. The molecule has 0 radical (unpaired) electrons. The van der Waals surface area contributed by atoms with Crippen molar-refractivity contribution < 1.29 is 9.59 Å². The van der Waals surface area contributed by atoms with E-state index in [2.05, 4.69) is 15.3 Å². The second-order valence-electron chi connectivity index (χ2n) is 5.67. The Bertz CT molecular complexity index is 815. The van der Waals surface area contributed by atoms with Gasteiger partial charge in [0.15, 0.2) is 10.9 Å². The Morgan fingerprint density at radius 2 is 1.96 bits per heavy atom. The molecule has 0 aliphatic heterocycles. The molecule has 132 valence electrons. The first-order valence-corrected chi connectivity index (χ1v) is 8.95. The van der Waals surface area contributed by atoms with E-state index in [0.29, 0.717) is 16.4 Å². The predicted molar refractivity (Wildman–Crippen MR) is 99.2 cm³/mol. The van der Waals surface area contributed by atoms with Gasteiger partial charge in [0.2, 0.25) is 5.91 Å². The number of hydrogen-bond acceptors (Lipinski definition) is 5. The average Bonchev–Trinajstić information content (AvgIpc) is 2.55. The molecule has 0 fully saturated rings. The van der Waals surface area contributed by atoms with Crippen molar-refractivity contribution in [3.63, 3.8) is 0 Å². The highest BCUT2D eigenvalue weighted by Crippen LogP contribution is 2.20. The largest absolute Gasteiger partial charge is 0.325 e. The van der Waals surface area contributed by atoms with E-state index < -0.39 is 5.25 Å². The van der Waals surface area contributed by atoms with Gasteiger partial charge in [0.05, 0.1) is 5.25 Å². The van der Waals surface area contributed by atoms with Crippen LogP contribution >= 0.6 is 11.8 Å². The van der Waals surface area contributed by atoms with Gasteiger partial charge < -0.3 is 10.3 Å². The van der Waals surface area contributed by atoms with E-state index >= 15 is 0 Å². The number of anilines is 1. The standard InChI is InChI=1S/C18H21N3O3S/c1-4-5-15-10-16(23)21-18(20-15)25-12(3)17(24)19-14-8-6-13(7-9-14)11(2)22/h6-10,12H,4-5H2,1-3H3,(H,19,24)(H,20,21,23). The fourth-order valence-corrected chi connectivity index (χ4v) is 3.01. The quantitative estimate of drug-likeness (QED) is 0.450. The van der Waals surface area contributed by atoms with E-state index in [-0.39, 0.29) is 17.2 Å². The molecule has 1 unspecified atom stereocenters. The van der Waals surface area contributed by atoms with Crippen LogP contribution < -0.4 is 10.9 Å². The van der Waals surface area contributed by atoms with Crippen molar-refractivity contribution in [3.8, 4) is 0 Å². The minimum Gasteiger partial charge on any atom is -0.325 e. The molecule has 0 saturated heterocycles. The molecule has 2 aromatic rings. The Morgan fingerprint density at radius 3 is 2.56 bits per heavy atom. The van der Waals surface area contributed by atoms with Gasteiger partial charge in [0.25, 0.3) is 5.56 Å². The molecule has 0 spiro atoms. The smallest absolute Gasteiger partial charge is 0.251 e. The number of benzene rings is 1. The Hall–Kier alpha value is -2.41. The van der Waals surface area contributed by atoms with Gasteiger partial charge >= 0.3 is 0 Å². The minimum atomic E-state index is -0.437. The predicted octanol–water partition coefficient (Wildman–Crippen LogP) is 3.04. The molecule has 0 aliphatic carbocycles. The molecule has 0 saturated carbocycles. The summed E-state index contributed by atoms with van der Waals surface area (Å²) in [5, 5.41) is 2.79. The van der Waals surface area contributed by atoms with Crippen LogP contribution in [0.1, 0.15) is 43.2 Å². The summed E-state index contributed by atoms with van der Waals surface area (Å²) in [7, 11) is 0. The highest BCUT2D eigenvalue weighted by Gasteiger charge is 2.16. The normalized spacial score (nSPS) is 11.8. The zero-order valence-electron chi connectivity index (χ0n) is 14.5. The van der Waals surface area contributed by atoms with Crippen LogP contribution in [0.2, 0.25) is 0 Å².